The molecule has 0 atom stereocenters. The Hall–Kier alpha value is -2.97. The number of carbonyl (C=O) groups excluding carboxylic acids is 1. The average molecular weight is 440 g/mol. The van der Waals surface area contributed by atoms with Crippen LogP contribution >= 0.6 is 0 Å². The summed E-state index contributed by atoms with van der Waals surface area (Å²) in [4.78, 5) is 27.8. The van der Waals surface area contributed by atoms with Crippen LogP contribution in [-0.4, -0.2) is 41.1 Å². The Morgan fingerprint density at radius 1 is 1.16 bits per heavy atom. The van der Waals surface area contributed by atoms with Crippen LogP contribution < -0.4 is 5.32 Å². The fraction of sp³-hybridized carbons (Fsp3) is 0.348. The van der Waals surface area contributed by atoms with Gasteiger partial charge in [-0.3, -0.25) is 14.2 Å². The minimum atomic E-state index is -1.20. The van der Waals surface area contributed by atoms with E-state index in [1.54, 1.807) is 18.2 Å². The maximum atomic E-state index is 12.2. The molecule has 0 saturated heterocycles. The SMILES string of the molecule is Cc1ccccc1Nc1nc2cc(C(=O)CC(=O)O)ccc2n1COCC[Si](C)(C)C. The molecule has 2 N–H and O–H groups in total. The number of carboxylic acids is 1. The molecule has 0 radical (unpaired) electrons. The third-order valence-corrected chi connectivity index (χ3v) is 6.69. The Morgan fingerprint density at radius 2 is 1.90 bits per heavy atom. The number of ether oxygens (including phenoxy) is 1. The molecule has 164 valence electrons. The summed E-state index contributed by atoms with van der Waals surface area (Å²) in [6.07, 6.45) is -0.541. The molecule has 1 aromatic heterocycles. The summed E-state index contributed by atoms with van der Waals surface area (Å²) < 4.78 is 7.92. The minimum Gasteiger partial charge on any atom is -0.481 e. The molecule has 0 amide bonds. The van der Waals surface area contributed by atoms with Crippen LogP contribution in [0.3, 0.4) is 0 Å². The fourth-order valence-electron chi connectivity index (χ4n) is 3.14. The van der Waals surface area contributed by atoms with Gasteiger partial charge in [0, 0.05) is 25.9 Å². The van der Waals surface area contributed by atoms with E-state index in [0.29, 0.717) is 30.4 Å². The largest absolute Gasteiger partial charge is 0.481 e. The lowest BCUT2D eigenvalue weighted by Crippen LogP contribution is -2.22. The van der Waals surface area contributed by atoms with Crippen molar-refractivity contribution < 1.29 is 19.4 Å². The van der Waals surface area contributed by atoms with E-state index in [-0.39, 0.29) is 0 Å². The molecule has 7 nitrogen and oxygen atoms in total. The number of nitrogens with zero attached hydrogens (tertiary/aromatic N) is 2. The Kier molecular flexibility index (Phi) is 6.92. The van der Waals surface area contributed by atoms with Crippen molar-refractivity contribution in [2.45, 2.75) is 45.8 Å². The van der Waals surface area contributed by atoms with E-state index in [0.717, 1.165) is 22.8 Å². The normalized spacial score (nSPS) is 11.6. The topological polar surface area (TPSA) is 93.5 Å². The molecule has 8 heteroatoms. The van der Waals surface area contributed by atoms with Crippen molar-refractivity contribution in [2.75, 3.05) is 11.9 Å². The zero-order valence-electron chi connectivity index (χ0n) is 18.4. The molecule has 31 heavy (non-hydrogen) atoms. The molecule has 2 aromatic carbocycles. The van der Waals surface area contributed by atoms with Gasteiger partial charge in [-0.15, -0.1) is 0 Å². The highest BCUT2D eigenvalue weighted by Crippen LogP contribution is 2.26. The van der Waals surface area contributed by atoms with Crippen LogP contribution in [0.25, 0.3) is 11.0 Å². The third kappa shape index (κ3) is 6.02. The molecular weight excluding hydrogens is 410 g/mol. The number of hydrogen-bond acceptors (Lipinski definition) is 5. The Bertz CT molecular complexity index is 1100. The molecule has 3 aromatic rings. The first-order valence-electron chi connectivity index (χ1n) is 10.3. The Morgan fingerprint density at radius 3 is 2.58 bits per heavy atom. The number of hydrogen-bond donors (Lipinski definition) is 2. The van der Waals surface area contributed by atoms with Gasteiger partial charge in [0.15, 0.2) is 5.78 Å². The zero-order chi connectivity index (χ0) is 22.6. The highest BCUT2D eigenvalue weighted by Gasteiger charge is 2.17. The first-order chi connectivity index (χ1) is 14.6. The van der Waals surface area contributed by atoms with Crippen molar-refractivity contribution >= 4 is 42.5 Å². The number of aromatic nitrogens is 2. The van der Waals surface area contributed by atoms with E-state index in [4.69, 9.17) is 9.84 Å². The third-order valence-electron chi connectivity index (χ3n) is 4.99. The first-order valence-corrected chi connectivity index (χ1v) is 14.0. The quantitative estimate of drug-likeness (QED) is 0.199. The zero-order valence-corrected chi connectivity index (χ0v) is 19.4. The van der Waals surface area contributed by atoms with E-state index < -0.39 is 26.2 Å². The number of aryl methyl sites for hydroxylation is 1. The van der Waals surface area contributed by atoms with Gasteiger partial charge >= 0.3 is 5.97 Å². The molecule has 0 aliphatic heterocycles. The van der Waals surface area contributed by atoms with E-state index in [9.17, 15) is 9.59 Å². The monoisotopic (exact) mass is 439 g/mol. The molecule has 0 spiro atoms. The number of carboxylic acid groups (broad SMARTS) is 1. The standard InChI is InChI=1S/C23H29N3O4Si/c1-16-7-5-6-8-18(16)24-23-25-19-13-17(21(27)14-22(28)29)9-10-20(19)26(23)15-30-11-12-31(2,3)4/h5-10,13H,11-12,14-15H2,1-4H3,(H,24,25)(H,28,29). The summed E-state index contributed by atoms with van der Waals surface area (Å²) >= 11 is 0. The maximum absolute atomic E-state index is 12.2. The van der Waals surface area contributed by atoms with Crippen molar-refractivity contribution in [3.8, 4) is 0 Å². The van der Waals surface area contributed by atoms with Gasteiger partial charge in [-0.05, 0) is 42.8 Å². The number of ketones is 1. The minimum absolute atomic E-state index is 0.331. The van der Waals surface area contributed by atoms with E-state index >= 15 is 0 Å². The summed E-state index contributed by atoms with van der Waals surface area (Å²) in [6, 6.07) is 14.1. The highest BCUT2D eigenvalue weighted by atomic mass is 28.3. The molecule has 0 fully saturated rings. The second-order valence-corrected chi connectivity index (χ2v) is 14.5. The van der Waals surface area contributed by atoms with Crippen molar-refractivity contribution in [3.05, 3.63) is 53.6 Å². The van der Waals surface area contributed by atoms with Crippen molar-refractivity contribution in [2.24, 2.45) is 0 Å². The van der Waals surface area contributed by atoms with Gasteiger partial charge in [-0.1, -0.05) is 37.8 Å². The number of benzene rings is 2. The summed E-state index contributed by atoms with van der Waals surface area (Å²) in [5, 5.41) is 12.3. The number of para-hydroxylation sites is 1. The van der Waals surface area contributed by atoms with Crippen molar-refractivity contribution in [1.29, 1.82) is 0 Å². The number of anilines is 2. The van der Waals surface area contributed by atoms with Gasteiger partial charge in [-0.2, -0.15) is 0 Å². The second kappa shape index (κ2) is 9.45. The van der Waals surface area contributed by atoms with Crippen molar-refractivity contribution in [3.63, 3.8) is 0 Å². The first kappa shape index (κ1) is 22.7. The van der Waals surface area contributed by atoms with E-state index in [1.807, 2.05) is 35.8 Å². The lowest BCUT2D eigenvalue weighted by atomic mass is 10.1. The lowest BCUT2D eigenvalue weighted by Gasteiger charge is -2.17. The van der Waals surface area contributed by atoms with Crippen LogP contribution in [0.1, 0.15) is 22.3 Å². The van der Waals surface area contributed by atoms with Gasteiger partial charge in [0.05, 0.1) is 11.0 Å². The van der Waals surface area contributed by atoms with Crippen LogP contribution in [0.2, 0.25) is 25.7 Å². The summed E-state index contributed by atoms with van der Waals surface area (Å²) in [7, 11) is -1.20. The predicted octanol–water partition coefficient (Wildman–Crippen LogP) is 5.06. The molecule has 1 heterocycles. The lowest BCUT2D eigenvalue weighted by molar-refractivity contribution is -0.135. The van der Waals surface area contributed by atoms with Crippen LogP contribution in [-0.2, 0) is 16.3 Å². The van der Waals surface area contributed by atoms with Crippen molar-refractivity contribution in [1.82, 2.24) is 9.55 Å². The van der Waals surface area contributed by atoms with Gasteiger partial charge in [0.2, 0.25) is 5.95 Å². The highest BCUT2D eigenvalue weighted by molar-refractivity contribution is 6.76. The Balaban J connectivity index is 1.93. The molecule has 0 aliphatic carbocycles. The maximum Gasteiger partial charge on any atom is 0.311 e. The Labute approximate surface area is 183 Å². The number of nitrogens with one attached hydrogen (secondary N) is 1. The number of carbonyl (C=O) groups is 2. The van der Waals surface area contributed by atoms with Crippen LogP contribution in [0, 0.1) is 6.92 Å². The number of aliphatic carboxylic acids is 1. The number of Topliss-reactive ketones (excluding diaryl/α,β-unsaturated/α-hetero) is 1. The molecule has 0 bridgehead atoms. The van der Waals surface area contributed by atoms with Gasteiger partial charge in [-0.25, -0.2) is 4.98 Å². The predicted molar refractivity (Wildman–Crippen MR) is 125 cm³/mol. The molecule has 0 aliphatic rings. The second-order valence-electron chi connectivity index (χ2n) is 8.85. The van der Waals surface area contributed by atoms with Crippen LogP contribution in [0.5, 0.6) is 0 Å². The molecular formula is C23H29N3O4Si. The molecule has 0 unspecified atom stereocenters. The number of fused-ring (bicyclic) bond motifs is 1. The number of imidazole rings is 1. The summed E-state index contributed by atoms with van der Waals surface area (Å²) in [5.41, 5.74) is 3.78. The summed E-state index contributed by atoms with van der Waals surface area (Å²) in [5.74, 6) is -0.975. The van der Waals surface area contributed by atoms with Gasteiger partial charge < -0.3 is 15.2 Å². The average Bonchev–Trinajstić information content (AvgIpc) is 3.02. The molecule has 0 saturated carbocycles. The van der Waals surface area contributed by atoms with Gasteiger partial charge in [0.1, 0.15) is 13.2 Å². The number of rotatable bonds is 10. The van der Waals surface area contributed by atoms with E-state index in [1.165, 1.54) is 0 Å². The smallest absolute Gasteiger partial charge is 0.311 e. The molecule has 3 rings (SSSR count). The van der Waals surface area contributed by atoms with E-state index in [2.05, 4.69) is 29.9 Å². The van der Waals surface area contributed by atoms with Gasteiger partial charge in [0.25, 0.3) is 0 Å². The van der Waals surface area contributed by atoms with Crippen LogP contribution in [0.4, 0.5) is 11.6 Å². The fourth-order valence-corrected chi connectivity index (χ4v) is 3.89. The van der Waals surface area contributed by atoms with Crippen LogP contribution in [0.15, 0.2) is 42.5 Å². The summed E-state index contributed by atoms with van der Waals surface area (Å²) in [6.45, 7) is 9.95.